The first kappa shape index (κ1) is 13.0. The number of carbonyl (C=O) groups is 2. The fraction of sp³-hybridized carbons (Fsp3) is 0.818. The molecular weight excluding hydrogens is 206 g/mol. The maximum atomic E-state index is 11.6. The predicted molar refractivity (Wildman–Crippen MR) is 61.4 cm³/mol. The average molecular weight is 227 g/mol. The quantitative estimate of drug-likeness (QED) is 0.611. The summed E-state index contributed by atoms with van der Waals surface area (Å²) in [5, 5.41) is 2.71. The summed E-state index contributed by atoms with van der Waals surface area (Å²) in [5.41, 5.74) is 10.1. The third-order valence-corrected chi connectivity index (χ3v) is 3.26. The van der Waals surface area contributed by atoms with Crippen LogP contribution in [0.2, 0.25) is 0 Å². The molecule has 0 radical (unpaired) electrons. The molecule has 0 bridgehead atoms. The summed E-state index contributed by atoms with van der Waals surface area (Å²) in [5.74, 6) is -0.518. The average Bonchev–Trinajstić information content (AvgIpc) is 2.12. The van der Waals surface area contributed by atoms with Crippen molar-refractivity contribution >= 4 is 11.8 Å². The van der Waals surface area contributed by atoms with Crippen molar-refractivity contribution in [2.24, 2.45) is 16.9 Å². The fourth-order valence-electron chi connectivity index (χ4n) is 1.60. The molecule has 0 aromatic carbocycles. The van der Waals surface area contributed by atoms with Crippen LogP contribution in [0.1, 0.15) is 39.5 Å². The highest BCUT2D eigenvalue weighted by Crippen LogP contribution is 2.31. The van der Waals surface area contributed by atoms with Gasteiger partial charge in [-0.25, -0.2) is 0 Å². The van der Waals surface area contributed by atoms with Crippen LogP contribution in [0.25, 0.3) is 0 Å². The van der Waals surface area contributed by atoms with Crippen LogP contribution in [-0.4, -0.2) is 23.9 Å². The maximum Gasteiger partial charge on any atom is 0.224 e. The Bertz CT molecular complexity index is 296. The van der Waals surface area contributed by atoms with Crippen molar-refractivity contribution in [1.82, 2.24) is 5.32 Å². The second-order valence-electron chi connectivity index (χ2n) is 5.42. The van der Waals surface area contributed by atoms with E-state index in [1.807, 2.05) is 0 Å². The van der Waals surface area contributed by atoms with E-state index in [1.54, 1.807) is 13.8 Å². The first-order valence-electron chi connectivity index (χ1n) is 5.61. The predicted octanol–water partition coefficient (Wildman–Crippen LogP) is -0.114. The maximum absolute atomic E-state index is 11.6. The van der Waals surface area contributed by atoms with Gasteiger partial charge in [-0.05, 0) is 33.1 Å². The first-order valence-corrected chi connectivity index (χ1v) is 5.61. The van der Waals surface area contributed by atoms with Gasteiger partial charge in [-0.15, -0.1) is 0 Å². The molecule has 0 unspecified atom stereocenters. The molecule has 5 heteroatoms. The Kier molecular flexibility index (Phi) is 3.57. The number of nitrogens with one attached hydrogen (secondary N) is 1. The van der Waals surface area contributed by atoms with Crippen molar-refractivity contribution in [2.75, 3.05) is 6.54 Å². The van der Waals surface area contributed by atoms with Gasteiger partial charge in [-0.3, -0.25) is 9.59 Å². The minimum absolute atomic E-state index is 0.100. The number of hydrogen-bond acceptors (Lipinski definition) is 3. The molecule has 16 heavy (non-hydrogen) atoms. The molecule has 0 aromatic heterocycles. The summed E-state index contributed by atoms with van der Waals surface area (Å²) in [6, 6.07) is 0. The van der Waals surface area contributed by atoms with Crippen LogP contribution in [0.5, 0.6) is 0 Å². The van der Waals surface area contributed by atoms with Gasteiger partial charge < -0.3 is 16.8 Å². The molecule has 0 atom stereocenters. The van der Waals surface area contributed by atoms with Crippen molar-refractivity contribution in [3.8, 4) is 0 Å². The molecule has 1 rings (SSSR count). The number of hydrogen-bond donors (Lipinski definition) is 3. The van der Waals surface area contributed by atoms with Crippen LogP contribution in [0.3, 0.4) is 0 Å². The Morgan fingerprint density at radius 2 is 1.94 bits per heavy atom. The van der Waals surface area contributed by atoms with E-state index in [2.05, 4.69) is 5.32 Å². The summed E-state index contributed by atoms with van der Waals surface area (Å²) in [7, 11) is 0. The lowest BCUT2D eigenvalue weighted by Gasteiger charge is -2.37. The Morgan fingerprint density at radius 3 is 2.31 bits per heavy atom. The molecule has 1 saturated carbocycles. The second-order valence-corrected chi connectivity index (χ2v) is 5.42. The van der Waals surface area contributed by atoms with Crippen molar-refractivity contribution in [2.45, 2.75) is 45.1 Å². The van der Waals surface area contributed by atoms with Crippen LogP contribution in [0, 0.1) is 5.41 Å². The lowest BCUT2D eigenvalue weighted by Crippen LogP contribution is -2.51. The summed E-state index contributed by atoms with van der Waals surface area (Å²) >= 11 is 0. The molecule has 1 fully saturated rings. The first-order chi connectivity index (χ1) is 7.25. The standard InChI is InChI=1S/C11H21N3O2/c1-10(2,9(12)16)7-14-8(15)6-11(13)4-3-5-11/h3-7,13H2,1-2H3,(H2,12,16)(H,14,15). The number of carbonyl (C=O) groups excluding carboxylic acids is 2. The topological polar surface area (TPSA) is 98.2 Å². The van der Waals surface area contributed by atoms with E-state index in [0.29, 0.717) is 6.42 Å². The smallest absolute Gasteiger partial charge is 0.224 e. The van der Waals surface area contributed by atoms with Gasteiger partial charge in [0, 0.05) is 18.5 Å². The molecule has 0 aromatic rings. The number of rotatable bonds is 5. The van der Waals surface area contributed by atoms with Gasteiger partial charge in [0.25, 0.3) is 0 Å². The summed E-state index contributed by atoms with van der Waals surface area (Å²) < 4.78 is 0. The highest BCUT2D eigenvalue weighted by atomic mass is 16.2. The van der Waals surface area contributed by atoms with E-state index in [0.717, 1.165) is 19.3 Å². The summed E-state index contributed by atoms with van der Waals surface area (Å²) in [4.78, 5) is 22.6. The largest absolute Gasteiger partial charge is 0.369 e. The van der Waals surface area contributed by atoms with Gasteiger partial charge in [0.15, 0.2) is 0 Å². The highest BCUT2D eigenvalue weighted by molar-refractivity contribution is 5.82. The van der Waals surface area contributed by atoms with Crippen LogP contribution in [0.15, 0.2) is 0 Å². The molecule has 1 aliphatic carbocycles. The van der Waals surface area contributed by atoms with E-state index in [4.69, 9.17) is 11.5 Å². The van der Waals surface area contributed by atoms with Crippen molar-refractivity contribution in [1.29, 1.82) is 0 Å². The Hall–Kier alpha value is -1.10. The lowest BCUT2D eigenvalue weighted by molar-refractivity contribution is -0.127. The fourth-order valence-corrected chi connectivity index (χ4v) is 1.60. The summed E-state index contributed by atoms with van der Waals surface area (Å²) in [6.07, 6.45) is 3.23. The van der Waals surface area contributed by atoms with Gasteiger partial charge in [-0.1, -0.05) is 0 Å². The van der Waals surface area contributed by atoms with Gasteiger partial charge in [0.1, 0.15) is 0 Å². The minimum Gasteiger partial charge on any atom is -0.369 e. The molecule has 2 amide bonds. The number of primary amides is 1. The Morgan fingerprint density at radius 1 is 1.38 bits per heavy atom. The van der Waals surface area contributed by atoms with Crippen LogP contribution >= 0.6 is 0 Å². The van der Waals surface area contributed by atoms with Crippen molar-refractivity contribution in [3.05, 3.63) is 0 Å². The van der Waals surface area contributed by atoms with Crippen molar-refractivity contribution in [3.63, 3.8) is 0 Å². The zero-order chi connectivity index (χ0) is 12.4. The molecule has 0 aliphatic heterocycles. The SMILES string of the molecule is CC(C)(CNC(=O)CC1(N)CCC1)C(N)=O. The Balaban J connectivity index is 2.32. The molecule has 1 aliphatic rings. The van der Waals surface area contributed by atoms with Gasteiger partial charge in [-0.2, -0.15) is 0 Å². The van der Waals surface area contributed by atoms with E-state index in [-0.39, 0.29) is 18.0 Å². The van der Waals surface area contributed by atoms with Crippen molar-refractivity contribution < 1.29 is 9.59 Å². The third-order valence-electron chi connectivity index (χ3n) is 3.26. The highest BCUT2D eigenvalue weighted by Gasteiger charge is 2.35. The molecule has 0 spiro atoms. The molecule has 0 saturated heterocycles. The third kappa shape index (κ3) is 3.20. The van der Waals surface area contributed by atoms with E-state index in [9.17, 15) is 9.59 Å². The lowest BCUT2D eigenvalue weighted by atomic mass is 9.75. The van der Waals surface area contributed by atoms with Crippen LogP contribution < -0.4 is 16.8 Å². The number of nitrogens with two attached hydrogens (primary N) is 2. The van der Waals surface area contributed by atoms with E-state index >= 15 is 0 Å². The summed E-state index contributed by atoms with van der Waals surface area (Å²) in [6.45, 7) is 3.67. The van der Waals surface area contributed by atoms with Gasteiger partial charge >= 0.3 is 0 Å². The van der Waals surface area contributed by atoms with E-state index < -0.39 is 11.3 Å². The minimum atomic E-state index is -0.711. The zero-order valence-electron chi connectivity index (χ0n) is 10.0. The molecule has 0 heterocycles. The Labute approximate surface area is 95.9 Å². The number of amides is 2. The van der Waals surface area contributed by atoms with Gasteiger partial charge in [0.2, 0.25) is 11.8 Å². The zero-order valence-corrected chi connectivity index (χ0v) is 10.0. The second kappa shape index (κ2) is 4.41. The van der Waals surface area contributed by atoms with Gasteiger partial charge in [0.05, 0.1) is 5.41 Å². The molecule has 5 N–H and O–H groups in total. The van der Waals surface area contributed by atoms with Crippen LogP contribution in [-0.2, 0) is 9.59 Å². The van der Waals surface area contributed by atoms with E-state index in [1.165, 1.54) is 0 Å². The molecule has 5 nitrogen and oxygen atoms in total. The monoisotopic (exact) mass is 227 g/mol. The normalized spacial score (nSPS) is 18.7. The molecule has 92 valence electrons. The van der Waals surface area contributed by atoms with Crippen LogP contribution in [0.4, 0.5) is 0 Å². The molecular formula is C11H21N3O2.